The smallest absolute Gasteiger partial charge is 0.416 e. The highest BCUT2D eigenvalue weighted by Gasteiger charge is 2.32. The van der Waals surface area contributed by atoms with Gasteiger partial charge >= 0.3 is 12.3 Å². The molecule has 1 heterocycles. The third-order valence-corrected chi connectivity index (χ3v) is 5.01. The van der Waals surface area contributed by atoms with Gasteiger partial charge in [-0.05, 0) is 51.0 Å². The highest BCUT2D eigenvalue weighted by atomic mass is 19.4. The van der Waals surface area contributed by atoms with E-state index in [1.807, 2.05) is 56.0 Å². The average molecular weight is 451 g/mol. The van der Waals surface area contributed by atoms with Crippen molar-refractivity contribution in [1.82, 2.24) is 4.90 Å². The van der Waals surface area contributed by atoms with E-state index >= 15 is 0 Å². The van der Waals surface area contributed by atoms with Crippen LogP contribution >= 0.6 is 0 Å². The number of carbonyl (C=O) groups excluding carboxylic acids is 1. The van der Waals surface area contributed by atoms with Crippen molar-refractivity contribution >= 4 is 11.8 Å². The van der Waals surface area contributed by atoms with E-state index in [4.69, 9.17) is 9.47 Å². The summed E-state index contributed by atoms with van der Waals surface area (Å²) in [6, 6.07) is 12.9. The maximum Gasteiger partial charge on any atom is 0.416 e. The van der Waals surface area contributed by atoms with Crippen molar-refractivity contribution in [3.63, 3.8) is 0 Å². The van der Waals surface area contributed by atoms with Crippen LogP contribution in [0.4, 0.5) is 23.7 Å². The molecule has 1 fully saturated rings. The average Bonchev–Trinajstić information content (AvgIpc) is 2.97. The molecule has 0 saturated carbocycles. The van der Waals surface area contributed by atoms with Gasteiger partial charge in [0.25, 0.3) is 0 Å². The van der Waals surface area contributed by atoms with Gasteiger partial charge < -0.3 is 19.3 Å². The van der Waals surface area contributed by atoms with Crippen LogP contribution < -0.4 is 9.64 Å². The second-order valence-electron chi connectivity index (χ2n) is 8.76. The second kappa shape index (κ2) is 9.71. The first kappa shape index (κ1) is 23.8. The van der Waals surface area contributed by atoms with Crippen LogP contribution in [0, 0.1) is 0 Å². The Bertz CT molecular complexity index is 911. The number of ether oxygens (including phenoxy) is 2. The molecule has 8 heteroatoms. The molecule has 1 aliphatic rings. The minimum absolute atomic E-state index is 0.160. The van der Waals surface area contributed by atoms with Gasteiger partial charge in [0, 0.05) is 26.2 Å². The number of alkyl halides is 3. The number of benzene rings is 2. The Kier molecular flexibility index (Phi) is 7.21. The number of hydrogen-bond acceptors (Lipinski definition) is 4. The fraction of sp³-hybridized carbons (Fsp3) is 0.458. The molecular formula is C24H29F3N2O3. The van der Waals surface area contributed by atoms with E-state index < -0.39 is 17.3 Å². The van der Waals surface area contributed by atoms with Gasteiger partial charge in [-0.1, -0.05) is 30.3 Å². The third-order valence-electron chi connectivity index (χ3n) is 5.01. The molecule has 0 unspecified atom stereocenters. The molecule has 0 aliphatic carbocycles. The second-order valence-corrected chi connectivity index (χ2v) is 8.76. The highest BCUT2D eigenvalue weighted by molar-refractivity contribution is 5.68. The summed E-state index contributed by atoms with van der Waals surface area (Å²) in [5, 5.41) is 0. The molecule has 0 N–H and O–H groups in total. The topological polar surface area (TPSA) is 42.0 Å². The Hall–Kier alpha value is -2.90. The Morgan fingerprint density at radius 2 is 1.69 bits per heavy atom. The fourth-order valence-electron chi connectivity index (χ4n) is 3.47. The Balaban J connectivity index is 1.78. The molecule has 3 rings (SSSR count). The fourth-order valence-corrected chi connectivity index (χ4v) is 3.47. The minimum atomic E-state index is -4.46. The number of amides is 1. The van der Waals surface area contributed by atoms with Crippen LogP contribution in [0.5, 0.6) is 5.75 Å². The lowest BCUT2D eigenvalue weighted by Gasteiger charge is -2.27. The lowest BCUT2D eigenvalue weighted by molar-refractivity contribution is -0.137. The standard InChI is InChI=1S/C24H29F3N2O3/c1-23(2,3)32-22(30)29-13-7-12-28(14-15-29)20-11-10-19(24(25,26)27)16-21(20)31-17-18-8-5-4-6-9-18/h4-6,8-11,16H,7,12-15,17H2,1-3H3. The summed E-state index contributed by atoms with van der Waals surface area (Å²) >= 11 is 0. The lowest BCUT2D eigenvalue weighted by Crippen LogP contribution is -2.39. The third kappa shape index (κ3) is 6.55. The van der Waals surface area contributed by atoms with Gasteiger partial charge in [-0.25, -0.2) is 4.79 Å². The number of hydrogen-bond donors (Lipinski definition) is 0. The van der Waals surface area contributed by atoms with Gasteiger partial charge in [0.05, 0.1) is 11.3 Å². The van der Waals surface area contributed by atoms with E-state index in [1.165, 1.54) is 6.07 Å². The normalized spacial score (nSPS) is 15.3. The van der Waals surface area contributed by atoms with Crippen LogP contribution in [0.1, 0.15) is 38.3 Å². The zero-order chi connectivity index (χ0) is 23.4. The Labute approximate surface area is 186 Å². The van der Waals surface area contributed by atoms with Gasteiger partial charge in [0.15, 0.2) is 0 Å². The molecule has 32 heavy (non-hydrogen) atoms. The molecule has 174 valence electrons. The lowest BCUT2D eigenvalue weighted by atomic mass is 10.1. The van der Waals surface area contributed by atoms with E-state index in [2.05, 4.69) is 0 Å². The first-order valence-corrected chi connectivity index (χ1v) is 10.6. The van der Waals surface area contributed by atoms with Crippen LogP contribution in [-0.2, 0) is 17.5 Å². The van der Waals surface area contributed by atoms with Gasteiger partial charge in [0.1, 0.15) is 18.0 Å². The highest BCUT2D eigenvalue weighted by Crippen LogP contribution is 2.37. The quantitative estimate of drug-likeness (QED) is 0.597. The summed E-state index contributed by atoms with van der Waals surface area (Å²) in [5.74, 6) is 0.175. The van der Waals surface area contributed by atoms with Crippen LogP contribution in [0.3, 0.4) is 0 Å². The molecule has 0 aromatic heterocycles. The summed E-state index contributed by atoms with van der Waals surface area (Å²) in [5.41, 5.74) is 0.104. The largest absolute Gasteiger partial charge is 0.487 e. The van der Waals surface area contributed by atoms with Crippen LogP contribution in [0.2, 0.25) is 0 Å². The zero-order valence-electron chi connectivity index (χ0n) is 18.6. The molecule has 0 radical (unpaired) electrons. The predicted octanol–water partition coefficient (Wildman–Crippen LogP) is 5.73. The maximum absolute atomic E-state index is 13.3. The minimum Gasteiger partial charge on any atom is -0.487 e. The van der Waals surface area contributed by atoms with E-state index in [9.17, 15) is 18.0 Å². The monoisotopic (exact) mass is 450 g/mol. The van der Waals surface area contributed by atoms with Crippen molar-refractivity contribution in [3.05, 3.63) is 59.7 Å². The first-order valence-electron chi connectivity index (χ1n) is 10.6. The van der Waals surface area contributed by atoms with E-state index in [0.29, 0.717) is 38.3 Å². The molecule has 1 aliphatic heterocycles. The molecule has 0 atom stereocenters. The molecule has 2 aromatic carbocycles. The maximum atomic E-state index is 13.3. The van der Waals surface area contributed by atoms with Crippen molar-refractivity contribution in [2.75, 3.05) is 31.1 Å². The van der Waals surface area contributed by atoms with Crippen LogP contribution in [-0.4, -0.2) is 42.8 Å². The summed E-state index contributed by atoms with van der Waals surface area (Å²) in [4.78, 5) is 16.0. The predicted molar refractivity (Wildman–Crippen MR) is 117 cm³/mol. The molecule has 0 bridgehead atoms. The molecule has 2 aromatic rings. The zero-order valence-corrected chi connectivity index (χ0v) is 18.6. The Morgan fingerprint density at radius 1 is 0.969 bits per heavy atom. The van der Waals surface area contributed by atoms with Gasteiger partial charge in [0.2, 0.25) is 0 Å². The number of carbonyl (C=O) groups is 1. The van der Waals surface area contributed by atoms with Crippen molar-refractivity contribution in [2.45, 2.75) is 45.6 Å². The van der Waals surface area contributed by atoms with Gasteiger partial charge in [-0.15, -0.1) is 0 Å². The first-order chi connectivity index (χ1) is 15.0. The molecule has 1 amide bonds. The number of rotatable bonds is 4. The van der Waals surface area contributed by atoms with E-state index in [-0.39, 0.29) is 18.4 Å². The summed E-state index contributed by atoms with van der Waals surface area (Å²) in [7, 11) is 0. The van der Waals surface area contributed by atoms with Crippen molar-refractivity contribution in [2.24, 2.45) is 0 Å². The summed E-state index contributed by atoms with van der Waals surface area (Å²) in [6.07, 6.45) is -4.18. The van der Waals surface area contributed by atoms with Crippen LogP contribution in [0.15, 0.2) is 48.5 Å². The van der Waals surface area contributed by atoms with Crippen LogP contribution in [0.25, 0.3) is 0 Å². The van der Waals surface area contributed by atoms with Crippen molar-refractivity contribution < 1.29 is 27.4 Å². The van der Waals surface area contributed by atoms with E-state index in [1.54, 1.807) is 4.90 Å². The summed E-state index contributed by atoms with van der Waals surface area (Å²) < 4.78 is 51.3. The number of nitrogens with zero attached hydrogens (tertiary/aromatic N) is 2. The SMILES string of the molecule is CC(C)(C)OC(=O)N1CCCN(c2ccc(C(F)(F)F)cc2OCc2ccccc2)CC1. The van der Waals surface area contributed by atoms with E-state index in [0.717, 1.165) is 17.7 Å². The molecule has 0 spiro atoms. The van der Waals surface area contributed by atoms with Crippen molar-refractivity contribution in [1.29, 1.82) is 0 Å². The Morgan fingerprint density at radius 3 is 2.34 bits per heavy atom. The summed E-state index contributed by atoms with van der Waals surface area (Å²) in [6.45, 7) is 7.58. The van der Waals surface area contributed by atoms with Gasteiger partial charge in [-0.3, -0.25) is 0 Å². The number of halogens is 3. The molecule has 5 nitrogen and oxygen atoms in total. The van der Waals surface area contributed by atoms with Gasteiger partial charge in [-0.2, -0.15) is 13.2 Å². The van der Waals surface area contributed by atoms with Crippen molar-refractivity contribution in [3.8, 4) is 5.75 Å². The number of anilines is 1. The molecule has 1 saturated heterocycles. The molecular weight excluding hydrogens is 421 g/mol.